The molecule has 2 aromatic heterocycles. The van der Waals surface area contributed by atoms with E-state index in [0.29, 0.717) is 0 Å². The van der Waals surface area contributed by atoms with Gasteiger partial charge in [-0.05, 0) is 29.8 Å². The van der Waals surface area contributed by atoms with E-state index in [1.165, 1.54) is 5.56 Å². The molecule has 3 aromatic rings. The molecule has 0 saturated carbocycles. The molecule has 1 N–H and O–H groups in total. The molecule has 1 saturated heterocycles. The Kier molecular flexibility index (Phi) is 5.95. The molecule has 0 aliphatic carbocycles. The first-order valence-corrected chi connectivity index (χ1v) is 9.81. The topological polar surface area (TPSA) is 69.5 Å². The van der Waals surface area contributed by atoms with Crippen molar-refractivity contribution in [1.82, 2.24) is 25.2 Å². The summed E-state index contributed by atoms with van der Waals surface area (Å²) < 4.78 is 0. The highest BCUT2D eigenvalue weighted by Crippen LogP contribution is 2.17. The maximum absolute atomic E-state index is 4.47. The van der Waals surface area contributed by atoms with Gasteiger partial charge in [0.05, 0.1) is 5.69 Å². The van der Waals surface area contributed by atoms with Crippen LogP contribution in [0.25, 0.3) is 11.3 Å². The number of guanidine groups is 1. The van der Waals surface area contributed by atoms with Crippen molar-refractivity contribution in [2.75, 3.05) is 38.1 Å². The van der Waals surface area contributed by atoms with E-state index in [1.807, 2.05) is 37.5 Å². The molecule has 0 unspecified atom stereocenters. The highest BCUT2D eigenvalue weighted by Gasteiger charge is 2.21. The lowest BCUT2D eigenvalue weighted by Gasteiger charge is -2.36. The molecule has 0 radical (unpaired) electrons. The normalized spacial score (nSPS) is 14.7. The average molecular weight is 387 g/mol. The van der Waals surface area contributed by atoms with E-state index in [4.69, 9.17) is 0 Å². The van der Waals surface area contributed by atoms with E-state index in [-0.39, 0.29) is 0 Å². The van der Waals surface area contributed by atoms with Crippen LogP contribution in [0.1, 0.15) is 5.56 Å². The number of hydrogen-bond acceptors (Lipinski definition) is 5. The lowest BCUT2D eigenvalue weighted by molar-refractivity contribution is 0.370. The first kappa shape index (κ1) is 18.9. The Morgan fingerprint density at radius 1 is 0.931 bits per heavy atom. The lowest BCUT2D eigenvalue weighted by Crippen LogP contribution is -2.52. The highest BCUT2D eigenvalue weighted by atomic mass is 15.4. The predicted octanol–water partition coefficient (Wildman–Crippen LogP) is 2.44. The molecular weight excluding hydrogens is 362 g/mol. The molecule has 29 heavy (non-hydrogen) atoms. The number of rotatable bonds is 4. The van der Waals surface area contributed by atoms with E-state index >= 15 is 0 Å². The van der Waals surface area contributed by atoms with E-state index in [2.05, 4.69) is 59.3 Å². The number of aromatic nitrogens is 3. The van der Waals surface area contributed by atoms with Gasteiger partial charge in [0.1, 0.15) is 0 Å². The van der Waals surface area contributed by atoms with Crippen LogP contribution in [0.5, 0.6) is 0 Å². The van der Waals surface area contributed by atoms with Crippen molar-refractivity contribution in [2.24, 2.45) is 4.99 Å². The van der Waals surface area contributed by atoms with Crippen LogP contribution < -0.4 is 10.2 Å². The van der Waals surface area contributed by atoms with Crippen LogP contribution in [-0.4, -0.2) is 59.0 Å². The van der Waals surface area contributed by atoms with E-state index in [0.717, 1.165) is 55.9 Å². The van der Waals surface area contributed by atoms with Gasteiger partial charge in [-0.25, -0.2) is 9.97 Å². The lowest BCUT2D eigenvalue weighted by atomic mass is 10.1. The zero-order valence-corrected chi connectivity index (χ0v) is 16.6. The molecule has 7 heteroatoms. The smallest absolute Gasteiger partial charge is 0.225 e. The Bertz CT molecular complexity index is 936. The summed E-state index contributed by atoms with van der Waals surface area (Å²) in [6.07, 6.45) is 5.39. The van der Waals surface area contributed by atoms with Gasteiger partial charge in [-0.3, -0.25) is 9.98 Å². The van der Waals surface area contributed by atoms with Gasteiger partial charge in [-0.1, -0.05) is 24.3 Å². The molecular formula is C22H25N7. The third-order valence-electron chi connectivity index (χ3n) is 4.96. The number of benzene rings is 1. The molecule has 4 rings (SSSR count). The minimum atomic E-state index is 0.718. The molecule has 1 fully saturated rings. The third-order valence-corrected chi connectivity index (χ3v) is 4.96. The molecule has 1 aromatic carbocycles. The zero-order valence-electron chi connectivity index (χ0n) is 16.6. The first-order chi connectivity index (χ1) is 14.3. The number of nitrogens with one attached hydrogen (secondary N) is 1. The number of piperazine rings is 1. The van der Waals surface area contributed by atoms with Crippen LogP contribution in [0.2, 0.25) is 0 Å². The molecule has 0 amide bonds. The van der Waals surface area contributed by atoms with Gasteiger partial charge in [0, 0.05) is 63.9 Å². The van der Waals surface area contributed by atoms with Crippen molar-refractivity contribution in [3.63, 3.8) is 0 Å². The van der Waals surface area contributed by atoms with Crippen molar-refractivity contribution < 1.29 is 0 Å². The molecule has 3 heterocycles. The molecule has 0 spiro atoms. The number of aliphatic imine (C=N–C) groups is 1. The Hall–Kier alpha value is -3.48. The second kappa shape index (κ2) is 9.14. The summed E-state index contributed by atoms with van der Waals surface area (Å²) in [5.74, 6) is 1.71. The summed E-state index contributed by atoms with van der Waals surface area (Å²) in [7, 11) is 1.83. The fourth-order valence-corrected chi connectivity index (χ4v) is 3.46. The van der Waals surface area contributed by atoms with E-state index in [9.17, 15) is 0 Å². The van der Waals surface area contributed by atoms with Crippen LogP contribution >= 0.6 is 0 Å². The summed E-state index contributed by atoms with van der Waals surface area (Å²) in [6.45, 7) is 4.23. The first-order valence-electron chi connectivity index (χ1n) is 9.81. The van der Waals surface area contributed by atoms with Gasteiger partial charge in [-0.2, -0.15) is 0 Å². The van der Waals surface area contributed by atoms with Crippen molar-refractivity contribution in [2.45, 2.75) is 6.54 Å². The SMILES string of the molecule is CN=C(NCc1cccc(-c2ccccn2)c1)N1CCN(c2ncccn2)CC1. The maximum atomic E-state index is 4.47. The number of pyridine rings is 1. The van der Waals surface area contributed by atoms with Gasteiger partial charge < -0.3 is 15.1 Å². The largest absolute Gasteiger partial charge is 0.352 e. The molecule has 1 aliphatic heterocycles. The van der Waals surface area contributed by atoms with Crippen LogP contribution in [0.15, 0.2) is 72.1 Å². The molecule has 7 nitrogen and oxygen atoms in total. The summed E-state index contributed by atoms with van der Waals surface area (Å²) in [5.41, 5.74) is 3.31. The summed E-state index contributed by atoms with van der Waals surface area (Å²) in [4.78, 5) is 22.1. The fourth-order valence-electron chi connectivity index (χ4n) is 3.46. The highest BCUT2D eigenvalue weighted by molar-refractivity contribution is 5.80. The quantitative estimate of drug-likeness (QED) is 0.548. The van der Waals surface area contributed by atoms with Crippen molar-refractivity contribution >= 4 is 11.9 Å². The van der Waals surface area contributed by atoms with Gasteiger partial charge in [0.2, 0.25) is 5.95 Å². The van der Waals surface area contributed by atoms with Crippen LogP contribution in [0.3, 0.4) is 0 Å². The summed E-state index contributed by atoms with van der Waals surface area (Å²) in [6, 6.07) is 16.3. The monoisotopic (exact) mass is 387 g/mol. The molecule has 148 valence electrons. The van der Waals surface area contributed by atoms with E-state index in [1.54, 1.807) is 12.4 Å². The number of nitrogens with zero attached hydrogens (tertiary/aromatic N) is 6. The van der Waals surface area contributed by atoms with Gasteiger partial charge in [-0.15, -0.1) is 0 Å². The van der Waals surface area contributed by atoms with Gasteiger partial charge >= 0.3 is 0 Å². The summed E-state index contributed by atoms with van der Waals surface area (Å²) >= 11 is 0. The number of anilines is 1. The van der Waals surface area contributed by atoms with Crippen molar-refractivity contribution in [3.8, 4) is 11.3 Å². The maximum Gasteiger partial charge on any atom is 0.225 e. The van der Waals surface area contributed by atoms with Gasteiger partial charge in [0.15, 0.2) is 5.96 Å². The Morgan fingerprint density at radius 2 is 1.72 bits per heavy atom. The van der Waals surface area contributed by atoms with Gasteiger partial charge in [0.25, 0.3) is 0 Å². The van der Waals surface area contributed by atoms with Crippen molar-refractivity contribution in [1.29, 1.82) is 0 Å². The molecule has 0 atom stereocenters. The second-order valence-corrected chi connectivity index (χ2v) is 6.84. The second-order valence-electron chi connectivity index (χ2n) is 6.84. The Morgan fingerprint density at radius 3 is 2.45 bits per heavy atom. The zero-order chi connectivity index (χ0) is 19.9. The van der Waals surface area contributed by atoms with Crippen LogP contribution in [0, 0.1) is 0 Å². The van der Waals surface area contributed by atoms with Crippen molar-refractivity contribution in [3.05, 3.63) is 72.7 Å². The molecule has 0 bridgehead atoms. The van der Waals surface area contributed by atoms with Crippen LogP contribution in [-0.2, 0) is 6.54 Å². The fraction of sp³-hybridized carbons (Fsp3) is 0.273. The Labute approximate surface area is 171 Å². The van der Waals surface area contributed by atoms with E-state index < -0.39 is 0 Å². The third kappa shape index (κ3) is 4.68. The standard InChI is InChI=1S/C22H25N7/c1-23-21(28-12-14-29(15-13-28)22-25-10-5-11-26-22)27-17-18-6-4-7-19(16-18)20-8-2-3-9-24-20/h2-11,16H,12-15,17H2,1H3,(H,23,27). The summed E-state index contributed by atoms with van der Waals surface area (Å²) in [5, 5.41) is 3.49. The minimum absolute atomic E-state index is 0.718. The van der Waals surface area contributed by atoms with Crippen LogP contribution in [0.4, 0.5) is 5.95 Å². The minimum Gasteiger partial charge on any atom is -0.352 e. The Balaban J connectivity index is 1.35. The predicted molar refractivity (Wildman–Crippen MR) is 116 cm³/mol. The number of hydrogen-bond donors (Lipinski definition) is 1. The average Bonchev–Trinajstić information content (AvgIpc) is 2.81. The molecule has 1 aliphatic rings.